The number of anilines is 4. The molecule has 1 aliphatic heterocycles. The lowest BCUT2D eigenvalue weighted by Crippen LogP contribution is -2.46. The van der Waals surface area contributed by atoms with E-state index in [1.807, 2.05) is 19.1 Å². The van der Waals surface area contributed by atoms with Crippen molar-refractivity contribution >= 4 is 40.1 Å². The molecular weight excluding hydrogens is 482 g/mol. The molecule has 0 saturated carbocycles. The van der Waals surface area contributed by atoms with Gasteiger partial charge in [0.15, 0.2) is 5.13 Å². The summed E-state index contributed by atoms with van der Waals surface area (Å²) in [4.78, 5) is 32.5. The predicted octanol–water partition coefficient (Wildman–Crippen LogP) is 4.61. The Balaban J connectivity index is 1.24. The van der Waals surface area contributed by atoms with Crippen molar-refractivity contribution in [3.63, 3.8) is 0 Å². The van der Waals surface area contributed by atoms with Crippen LogP contribution in [0.3, 0.4) is 0 Å². The maximum absolute atomic E-state index is 10.7. The highest BCUT2D eigenvalue weighted by molar-refractivity contribution is 7.19. The Labute approximate surface area is 221 Å². The number of nitrogens with one attached hydrogen (secondary N) is 1. The summed E-state index contributed by atoms with van der Waals surface area (Å²) in [5, 5.41) is 4.30. The second kappa shape index (κ2) is 11.5. The van der Waals surface area contributed by atoms with Crippen LogP contribution in [-0.4, -0.2) is 65.9 Å². The van der Waals surface area contributed by atoms with Gasteiger partial charge in [-0.2, -0.15) is 0 Å². The second-order valence-electron chi connectivity index (χ2n) is 9.14. The number of nitrogens with zero attached hydrogens (tertiary/aromatic N) is 6. The molecule has 0 amide bonds. The summed E-state index contributed by atoms with van der Waals surface area (Å²) in [5.74, 6) is 0.555. The number of rotatable bonds is 9. The van der Waals surface area contributed by atoms with E-state index in [-0.39, 0.29) is 0 Å². The molecule has 2 aromatic heterocycles. The van der Waals surface area contributed by atoms with Crippen molar-refractivity contribution in [2.24, 2.45) is 0 Å². The number of aryl methyl sites for hydroxylation is 1. The van der Waals surface area contributed by atoms with Gasteiger partial charge < -0.3 is 19.9 Å². The first-order valence-electron chi connectivity index (χ1n) is 12.4. The van der Waals surface area contributed by atoms with Gasteiger partial charge in [0, 0.05) is 57.3 Å². The van der Waals surface area contributed by atoms with Crippen molar-refractivity contribution in [2.75, 3.05) is 54.9 Å². The number of carbonyl (C=O) groups excluding carboxylic acids is 1. The van der Waals surface area contributed by atoms with Gasteiger partial charge in [-0.3, -0.25) is 4.90 Å². The van der Waals surface area contributed by atoms with Crippen LogP contribution in [0.1, 0.15) is 11.3 Å². The lowest BCUT2D eigenvalue weighted by molar-refractivity contribution is -0.108. The number of thiazole rings is 1. The number of hydrogen-bond donors (Lipinski definition) is 1. The van der Waals surface area contributed by atoms with E-state index in [4.69, 9.17) is 9.97 Å². The molecule has 8 nitrogen and oxygen atoms in total. The first-order chi connectivity index (χ1) is 18.1. The quantitative estimate of drug-likeness (QED) is 0.325. The van der Waals surface area contributed by atoms with E-state index in [2.05, 4.69) is 80.6 Å². The predicted molar refractivity (Wildman–Crippen MR) is 151 cm³/mol. The molecule has 0 atom stereocenters. The van der Waals surface area contributed by atoms with Crippen molar-refractivity contribution in [2.45, 2.75) is 13.5 Å². The van der Waals surface area contributed by atoms with Crippen LogP contribution in [0.2, 0.25) is 0 Å². The molecule has 4 aromatic rings. The molecule has 0 unspecified atom stereocenters. The second-order valence-corrected chi connectivity index (χ2v) is 10.1. The van der Waals surface area contributed by atoms with Gasteiger partial charge in [-0.25, -0.2) is 15.0 Å². The van der Waals surface area contributed by atoms with Crippen molar-refractivity contribution in [1.29, 1.82) is 0 Å². The fourth-order valence-electron chi connectivity index (χ4n) is 4.43. The molecular formula is C28H31N7OS. The van der Waals surface area contributed by atoms with E-state index in [0.29, 0.717) is 12.5 Å². The molecule has 1 fully saturated rings. The highest BCUT2D eigenvalue weighted by Crippen LogP contribution is 2.34. The first-order valence-corrected chi connectivity index (χ1v) is 13.2. The fraction of sp³-hybridized carbons (Fsp3) is 0.286. The highest BCUT2D eigenvalue weighted by Gasteiger charge is 2.17. The molecule has 3 heterocycles. The average Bonchev–Trinajstić information content (AvgIpc) is 3.32. The maximum atomic E-state index is 10.7. The minimum atomic E-state index is 0.516. The standard InChI is InChI=1S/C28H31N7OS/c1-21-26(37-28(30-21)33(2)20-22-6-4-3-5-7-22)25-12-13-29-27(32-25)31-23-8-10-24(11-9-23)35-16-14-34(15-17-35)18-19-36/h3-13,19H,14-18,20H2,1-2H3,(H,29,31,32). The zero-order chi connectivity index (χ0) is 25.6. The topological polar surface area (TPSA) is 77.5 Å². The highest BCUT2D eigenvalue weighted by atomic mass is 32.1. The molecule has 1 N–H and O–H groups in total. The normalized spacial score (nSPS) is 13.9. The summed E-state index contributed by atoms with van der Waals surface area (Å²) >= 11 is 1.64. The molecule has 0 bridgehead atoms. The van der Waals surface area contributed by atoms with E-state index in [9.17, 15) is 4.79 Å². The van der Waals surface area contributed by atoms with Crippen molar-refractivity contribution in [1.82, 2.24) is 19.9 Å². The maximum Gasteiger partial charge on any atom is 0.227 e. The molecule has 0 aliphatic carbocycles. The van der Waals surface area contributed by atoms with Crippen LogP contribution in [0.5, 0.6) is 0 Å². The molecule has 190 valence electrons. The van der Waals surface area contributed by atoms with Crippen molar-refractivity contribution in [3.05, 3.63) is 78.1 Å². The summed E-state index contributed by atoms with van der Waals surface area (Å²) in [6.07, 6.45) is 2.76. The third kappa shape index (κ3) is 6.12. The lowest BCUT2D eigenvalue weighted by atomic mass is 10.2. The van der Waals surface area contributed by atoms with Gasteiger partial charge in [0.1, 0.15) is 6.29 Å². The molecule has 2 aromatic carbocycles. The Bertz CT molecular complexity index is 1320. The summed E-state index contributed by atoms with van der Waals surface area (Å²) in [6, 6.07) is 20.7. The molecule has 0 spiro atoms. The van der Waals surface area contributed by atoms with Crippen LogP contribution in [-0.2, 0) is 11.3 Å². The number of aldehydes is 1. The largest absolute Gasteiger partial charge is 0.369 e. The van der Waals surface area contributed by atoms with Crippen LogP contribution in [0.4, 0.5) is 22.5 Å². The Morgan fingerprint density at radius 2 is 1.76 bits per heavy atom. The smallest absolute Gasteiger partial charge is 0.227 e. The number of benzene rings is 2. The van der Waals surface area contributed by atoms with E-state index in [1.54, 1.807) is 17.5 Å². The fourth-order valence-corrected chi connectivity index (χ4v) is 5.43. The minimum Gasteiger partial charge on any atom is -0.369 e. The summed E-state index contributed by atoms with van der Waals surface area (Å²) < 4.78 is 0. The SMILES string of the molecule is Cc1nc(N(C)Cc2ccccc2)sc1-c1ccnc(Nc2ccc(N3CCN(CC=O)CC3)cc2)n1. The Morgan fingerprint density at radius 3 is 2.49 bits per heavy atom. The van der Waals surface area contributed by atoms with Crippen molar-refractivity contribution < 1.29 is 4.79 Å². The Hall–Kier alpha value is -3.82. The number of aromatic nitrogens is 3. The van der Waals surface area contributed by atoms with E-state index < -0.39 is 0 Å². The third-order valence-electron chi connectivity index (χ3n) is 6.46. The van der Waals surface area contributed by atoms with E-state index in [1.165, 1.54) is 11.3 Å². The molecule has 0 radical (unpaired) electrons. The van der Waals surface area contributed by atoms with Crippen molar-refractivity contribution in [3.8, 4) is 10.6 Å². The summed E-state index contributed by atoms with van der Waals surface area (Å²) in [7, 11) is 2.07. The van der Waals surface area contributed by atoms with Gasteiger partial charge in [-0.15, -0.1) is 0 Å². The third-order valence-corrected chi connectivity index (χ3v) is 7.75. The Kier molecular flexibility index (Phi) is 7.72. The number of carbonyl (C=O) groups is 1. The van der Waals surface area contributed by atoms with Gasteiger partial charge in [-0.1, -0.05) is 41.7 Å². The zero-order valence-corrected chi connectivity index (χ0v) is 22.0. The van der Waals surface area contributed by atoms with Gasteiger partial charge in [0.05, 0.1) is 22.8 Å². The minimum absolute atomic E-state index is 0.516. The number of hydrogen-bond acceptors (Lipinski definition) is 9. The Morgan fingerprint density at radius 1 is 1.00 bits per heavy atom. The van der Waals surface area contributed by atoms with Crippen LogP contribution >= 0.6 is 11.3 Å². The summed E-state index contributed by atoms with van der Waals surface area (Å²) in [6.45, 7) is 6.99. The van der Waals surface area contributed by atoms with Gasteiger partial charge in [-0.05, 0) is 42.8 Å². The average molecular weight is 514 g/mol. The van der Waals surface area contributed by atoms with E-state index >= 15 is 0 Å². The van der Waals surface area contributed by atoms with Crippen LogP contribution in [0, 0.1) is 6.92 Å². The summed E-state index contributed by atoms with van der Waals surface area (Å²) in [5.41, 5.74) is 5.18. The van der Waals surface area contributed by atoms with Gasteiger partial charge in [0.25, 0.3) is 0 Å². The zero-order valence-electron chi connectivity index (χ0n) is 21.2. The lowest BCUT2D eigenvalue weighted by Gasteiger charge is -2.35. The van der Waals surface area contributed by atoms with Crippen LogP contribution in [0.15, 0.2) is 66.9 Å². The molecule has 37 heavy (non-hydrogen) atoms. The molecule has 5 rings (SSSR count). The molecule has 9 heteroatoms. The molecule has 1 saturated heterocycles. The molecule has 1 aliphatic rings. The first kappa shape index (κ1) is 24.9. The van der Waals surface area contributed by atoms with Crippen LogP contribution < -0.4 is 15.1 Å². The monoisotopic (exact) mass is 513 g/mol. The van der Waals surface area contributed by atoms with E-state index in [0.717, 1.165) is 66.1 Å². The van der Waals surface area contributed by atoms with Crippen LogP contribution in [0.25, 0.3) is 10.6 Å². The number of piperazine rings is 1. The van der Waals surface area contributed by atoms with Gasteiger partial charge in [0.2, 0.25) is 5.95 Å². The van der Waals surface area contributed by atoms with Gasteiger partial charge >= 0.3 is 0 Å².